The second-order valence-electron chi connectivity index (χ2n) is 2.30. The molecule has 0 amide bonds. The molecule has 0 aromatic carbocycles. The molecule has 0 aliphatic carbocycles. The van der Waals surface area contributed by atoms with Crippen LogP contribution in [0.3, 0.4) is 0 Å². The Kier molecular flexibility index (Phi) is 2.65. The van der Waals surface area contributed by atoms with Gasteiger partial charge in [0.25, 0.3) is 0 Å². The van der Waals surface area contributed by atoms with Crippen molar-refractivity contribution in [1.82, 2.24) is 0 Å². The Bertz CT molecular complexity index is 445. The molecule has 0 aliphatic heterocycles. The van der Waals surface area contributed by atoms with Crippen molar-refractivity contribution in [2.24, 2.45) is 0 Å². The van der Waals surface area contributed by atoms with Gasteiger partial charge >= 0.3 is 0 Å². The average molecular weight is 240 g/mol. The fourth-order valence-electron chi connectivity index (χ4n) is 0.716. The van der Waals surface area contributed by atoms with Crippen molar-refractivity contribution < 1.29 is 18.3 Å². The zero-order valence-corrected chi connectivity index (χ0v) is 8.79. The summed E-state index contributed by atoms with van der Waals surface area (Å²) in [5, 5.41) is 11.3. The van der Waals surface area contributed by atoms with Gasteiger partial charge in [-0.1, -0.05) is 11.6 Å². The summed E-state index contributed by atoms with van der Waals surface area (Å²) in [6, 6.07) is 0. The number of carbonyl (C=O) groups is 1. The molecule has 7 heteroatoms. The van der Waals surface area contributed by atoms with Gasteiger partial charge in [0, 0.05) is 11.6 Å². The Labute approximate surface area is 83.7 Å². The number of hydrogen-bond donors (Lipinski definition) is 0. The van der Waals surface area contributed by atoms with Gasteiger partial charge in [-0.25, -0.2) is 8.42 Å². The molecule has 13 heavy (non-hydrogen) atoms. The predicted octanol–water partition coefficient (Wildman–Crippen LogP) is 0.169. The molecule has 0 spiro atoms. The molecular formula is C6H4ClO4S2-. The van der Waals surface area contributed by atoms with E-state index in [0.717, 1.165) is 17.6 Å². The van der Waals surface area contributed by atoms with Gasteiger partial charge in [0.2, 0.25) is 0 Å². The molecule has 0 atom stereocenters. The lowest BCUT2D eigenvalue weighted by atomic mass is 10.5. The molecule has 0 saturated heterocycles. The number of sulfone groups is 1. The Balaban J connectivity index is 3.39. The first-order valence-corrected chi connectivity index (χ1v) is 6.17. The van der Waals surface area contributed by atoms with Crippen LogP contribution in [0.4, 0.5) is 0 Å². The van der Waals surface area contributed by atoms with Crippen LogP contribution in [0.5, 0.6) is 0 Å². The summed E-state index contributed by atoms with van der Waals surface area (Å²) in [4.78, 5) is 9.95. The number of aromatic carboxylic acids is 1. The highest BCUT2D eigenvalue weighted by atomic mass is 35.5. The fourth-order valence-corrected chi connectivity index (χ4v) is 3.45. The van der Waals surface area contributed by atoms with Crippen LogP contribution in [0.15, 0.2) is 10.3 Å². The summed E-state index contributed by atoms with van der Waals surface area (Å²) in [5.41, 5.74) is 0. The second-order valence-corrected chi connectivity index (χ2v) is 5.54. The van der Waals surface area contributed by atoms with E-state index in [9.17, 15) is 18.3 Å². The van der Waals surface area contributed by atoms with Crippen LogP contribution >= 0.6 is 22.9 Å². The van der Waals surface area contributed by atoms with Crippen molar-refractivity contribution in [2.75, 3.05) is 6.26 Å². The van der Waals surface area contributed by atoms with Gasteiger partial charge in [-0.15, -0.1) is 11.3 Å². The molecule has 1 heterocycles. The van der Waals surface area contributed by atoms with Crippen LogP contribution in [0.25, 0.3) is 0 Å². The van der Waals surface area contributed by atoms with Crippen molar-refractivity contribution >= 4 is 38.7 Å². The number of halogens is 1. The van der Waals surface area contributed by atoms with E-state index < -0.39 is 15.8 Å². The zero-order valence-electron chi connectivity index (χ0n) is 6.40. The molecule has 1 rings (SSSR count). The molecule has 4 nitrogen and oxygen atoms in total. The average Bonchev–Trinajstić information content (AvgIpc) is 2.28. The van der Waals surface area contributed by atoms with Crippen LogP contribution in [0.2, 0.25) is 5.02 Å². The van der Waals surface area contributed by atoms with Crippen LogP contribution in [-0.2, 0) is 9.84 Å². The van der Waals surface area contributed by atoms with Crippen LogP contribution in [0, 0.1) is 0 Å². The summed E-state index contributed by atoms with van der Waals surface area (Å²) in [5.74, 6) is -1.47. The highest BCUT2D eigenvalue weighted by Gasteiger charge is 2.17. The standard InChI is InChI=1S/C6H5ClO4S2/c1-13(10,11)3-2-12-5(4(3)7)6(8)9/h2H,1H3,(H,8,9)/p-1. The van der Waals surface area contributed by atoms with E-state index in [1.54, 1.807) is 0 Å². The lowest BCUT2D eigenvalue weighted by Gasteiger charge is -1.98. The maximum absolute atomic E-state index is 11.0. The molecule has 0 radical (unpaired) electrons. The highest BCUT2D eigenvalue weighted by Crippen LogP contribution is 2.30. The first-order valence-electron chi connectivity index (χ1n) is 3.02. The van der Waals surface area contributed by atoms with E-state index in [4.69, 9.17) is 11.6 Å². The third kappa shape index (κ3) is 2.01. The van der Waals surface area contributed by atoms with Gasteiger partial charge in [-0.05, 0) is 0 Å². The lowest BCUT2D eigenvalue weighted by molar-refractivity contribution is -0.254. The number of carboxylic acid groups (broad SMARTS) is 1. The first-order chi connectivity index (χ1) is 5.84. The van der Waals surface area contributed by atoms with Crippen LogP contribution in [0.1, 0.15) is 9.67 Å². The molecule has 0 saturated carbocycles. The molecule has 0 N–H and O–H groups in total. The minimum Gasteiger partial charge on any atom is -0.544 e. The number of thiophene rings is 1. The van der Waals surface area contributed by atoms with Gasteiger partial charge in [0.1, 0.15) is 0 Å². The second kappa shape index (κ2) is 3.28. The SMILES string of the molecule is CS(=O)(=O)c1csc(C(=O)[O-])c1Cl. The molecule has 72 valence electrons. The Morgan fingerprint density at radius 2 is 2.15 bits per heavy atom. The highest BCUT2D eigenvalue weighted by molar-refractivity contribution is 7.91. The summed E-state index contributed by atoms with van der Waals surface area (Å²) >= 11 is 6.25. The van der Waals surface area contributed by atoms with Gasteiger partial charge in [-0.2, -0.15) is 0 Å². The number of carboxylic acids is 1. The normalized spacial score (nSPS) is 11.5. The molecule has 0 aliphatic rings. The molecule has 1 aromatic heterocycles. The van der Waals surface area contributed by atoms with Crippen molar-refractivity contribution in [3.05, 3.63) is 15.3 Å². The van der Waals surface area contributed by atoms with Crippen LogP contribution in [-0.4, -0.2) is 20.6 Å². The van der Waals surface area contributed by atoms with Gasteiger partial charge in [0.05, 0.1) is 20.8 Å². The summed E-state index contributed by atoms with van der Waals surface area (Å²) in [7, 11) is -3.46. The maximum atomic E-state index is 11.0. The van der Waals surface area contributed by atoms with Crippen molar-refractivity contribution in [2.45, 2.75) is 4.90 Å². The van der Waals surface area contributed by atoms with E-state index >= 15 is 0 Å². The topological polar surface area (TPSA) is 74.3 Å². The van der Waals surface area contributed by atoms with E-state index in [0.29, 0.717) is 0 Å². The molecule has 0 bridgehead atoms. The van der Waals surface area contributed by atoms with Crippen LogP contribution < -0.4 is 5.11 Å². The van der Waals surface area contributed by atoms with Gasteiger partial charge < -0.3 is 9.90 Å². The van der Waals surface area contributed by atoms with E-state index in [2.05, 4.69) is 0 Å². The van der Waals surface area contributed by atoms with Gasteiger partial charge in [0.15, 0.2) is 9.84 Å². The quantitative estimate of drug-likeness (QED) is 0.737. The smallest absolute Gasteiger partial charge is 0.177 e. The number of carbonyl (C=O) groups excluding carboxylic acids is 1. The maximum Gasteiger partial charge on any atom is 0.177 e. The monoisotopic (exact) mass is 239 g/mol. The fraction of sp³-hybridized carbons (Fsp3) is 0.167. The first kappa shape index (κ1) is 10.5. The summed E-state index contributed by atoms with van der Waals surface area (Å²) in [6.45, 7) is 0. The van der Waals surface area contributed by atoms with Crippen molar-refractivity contribution in [3.8, 4) is 0 Å². The van der Waals surface area contributed by atoms with Crippen molar-refractivity contribution in [1.29, 1.82) is 0 Å². The zero-order chi connectivity index (χ0) is 10.2. The third-order valence-electron chi connectivity index (χ3n) is 1.28. The predicted molar refractivity (Wildman–Crippen MR) is 46.8 cm³/mol. The Hall–Kier alpha value is -0.590. The number of rotatable bonds is 2. The molecule has 0 fully saturated rings. The summed E-state index contributed by atoms with van der Waals surface area (Å²) in [6.07, 6.45) is 0.958. The van der Waals surface area contributed by atoms with Crippen molar-refractivity contribution in [3.63, 3.8) is 0 Å². The van der Waals surface area contributed by atoms with E-state index in [1.807, 2.05) is 0 Å². The molecule has 0 unspecified atom stereocenters. The lowest BCUT2D eigenvalue weighted by Crippen LogP contribution is -2.21. The number of hydrogen-bond acceptors (Lipinski definition) is 5. The van der Waals surface area contributed by atoms with E-state index in [-0.39, 0.29) is 14.8 Å². The molecule has 1 aromatic rings. The minimum absolute atomic E-state index is 0.168. The van der Waals surface area contributed by atoms with Gasteiger partial charge in [-0.3, -0.25) is 0 Å². The van der Waals surface area contributed by atoms with E-state index in [1.165, 1.54) is 5.38 Å². The Morgan fingerprint density at radius 1 is 1.62 bits per heavy atom. The summed E-state index contributed by atoms with van der Waals surface area (Å²) < 4.78 is 22.0. The largest absolute Gasteiger partial charge is 0.544 e. The molecular weight excluding hydrogens is 236 g/mol. The third-order valence-corrected chi connectivity index (χ3v) is 4.13. The Morgan fingerprint density at radius 3 is 2.38 bits per heavy atom. The minimum atomic E-state index is -3.46.